The lowest BCUT2D eigenvalue weighted by Gasteiger charge is -2.32. The molecule has 3 aromatic rings. The number of amides is 1. The topological polar surface area (TPSA) is 58.8 Å². The van der Waals surface area contributed by atoms with E-state index in [1.54, 1.807) is 11.0 Å². The van der Waals surface area contributed by atoms with Crippen LogP contribution in [-0.4, -0.2) is 48.9 Å². The molecule has 0 radical (unpaired) electrons. The average Bonchev–Trinajstić information content (AvgIpc) is 3.24. The second kappa shape index (κ2) is 9.28. The molecule has 1 atom stereocenters. The van der Waals surface area contributed by atoms with Crippen molar-refractivity contribution in [3.63, 3.8) is 0 Å². The van der Waals surface area contributed by atoms with Gasteiger partial charge in [0.1, 0.15) is 5.82 Å². The van der Waals surface area contributed by atoms with Crippen LogP contribution in [0.3, 0.4) is 0 Å². The Kier molecular flexibility index (Phi) is 6.08. The maximum absolute atomic E-state index is 13.4. The first-order valence-corrected chi connectivity index (χ1v) is 11.5. The molecule has 3 heterocycles. The van der Waals surface area contributed by atoms with Crippen molar-refractivity contribution in [3.8, 4) is 0 Å². The lowest BCUT2D eigenvalue weighted by atomic mass is 9.92. The third-order valence-electron chi connectivity index (χ3n) is 6.53. The zero-order valence-corrected chi connectivity index (χ0v) is 18.1. The van der Waals surface area contributed by atoms with Gasteiger partial charge in [0.05, 0.1) is 18.0 Å². The van der Waals surface area contributed by atoms with Crippen molar-refractivity contribution in [2.45, 2.75) is 38.0 Å². The van der Waals surface area contributed by atoms with Crippen LogP contribution in [0.2, 0.25) is 0 Å². The van der Waals surface area contributed by atoms with Gasteiger partial charge in [-0.15, -0.1) is 0 Å². The predicted molar refractivity (Wildman–Crippen MR) is 120 cm³/mol. The molecule has 5 rings (SSSR count). The van der Waals surface area contributed by atoms with Gasteiger partial charge in [-0.2, -0.15) is 0 Å². The van der Waals surface area contributed by atoms with E-state index in [0.717, 1.165) is 68.5 Å². The fraction of sp³-hybridized carbons (Fsp3) is 0.440. The van der Waals surface area contributed by atoms with Crippen LogP contribution in [0.15, 0.2) is 47.0 Å². The molecule has 0 spiro atoms. The summed E-state index contributed by atoms with van der Waals surface area (Å²) < 4.78 is 24.4. The Morgan fingerprint density at radius 2 is 2.09 bits per heavy atom. The summed E-state index contributed by atoms with van der Waals surface area (Å²) >= 11 is 0. The molecule has 1 unspecified atom stereocenters. The monoisotopic (exact) mass is 437 g/mol. The van der Waals surface area contributed by atoms with E-state index in [1.807, 2.05) is 18.2 Å². The van der Waals surface area contributed by atoms with Crippen molar-refractivity contribution in [1.29, 1.82) is 0 Å². The highest BCUT2D eigenvalue weighted by atomic mass is 19.1. The van der Waals surface area contributed by atoms with Crippen LogP contribution in [0.1, 0.15) is 42.9 Å². The summed E-state index contributed by atoms with van der Waals surface area (Å²) in [5.41, 5.74) is 3.60. The number of para-hydroxylation sites is 1. The molecule has 2 aliphatic rings. The highest BCUT2D eigenvalue weighted by molar-refractivity contribution is 5.89. The minimum Gasteiger partial charge on any atom is -0.449 e. The zero-order valence-electron chi connectivity index (χ0n) is 18.1. The number of hydrogen-bond donors (Lipinski definition) is 0. The van der Waals surface area contributed by atoms with Crippen molar-refractivity contribution in [3.05, 3.63) is 59.5 Å². The molecule has 0 bridgehead atoms. The fourth-order valence-electron chi connectivity index (χ4n) is 4.96. The average molecular weight is 438 g/mol. The van der Waals surface area contributed by atoms with Gasteiger partial charge in [-0.1, -0.05) is 23.4 Å². The summed E-state index contributed by atoms with van der Waals surface area (Å²) in [6.07, 6.45) is 4.62. The van der Waals surface area contributed by atoms with Crippen LogP contribution in [0.25, 0.3) is 11.0 Å². The second-order valence-electron chi connectivity index (χ2n) is 8.70. The number of aromatic nitrogens is 1. The van der Waals surface area contributed by atoms with Gasteiger partial charge >= 0.3 is 6.09 Å². The first-order valence-electron chi connectivity index (χ1n) is 11.5. The van der Waals surface area contributed by atoms with E-state index >= 15 is 0 Å². The molecule has 7 heteroatoms. The molecule has 1 saturated heterocycles. The minimum absolute atomic E-state index is 0.255. The minimum atomic E-state index is -0.312. The second-order valence-corrected chi connectivity index (χ2v) is 8.70. The molecule has 1 fully saturated rings. The Morgan fingerprint density at radius 3 is 3.03 bits per heavy atom. The number of halogens is 1. The number of ether oxygens (including phenoxy) is 1. The van der Waals surface area contributed by atoms with Gasteiger partial charge < -0.3 is 14.2 Å². The molecule has 1 amide bonds. The van der Waals surface area contributed by atoms with Crippen molar-refractivity contribution >= 4 is 22.7 Å². The number of aryl methyl sites for hydroxylation is 1. The summed E-state index contributed by atoms with van der Waals surface area (Å²) in [5.74, 6) is -0.0454. The summed E-state index contributed by atoms with van der Waals surface area (Å²) in [6, 6.07) is 12.7. The van der Waals surface area contributed by atoms with Gasteiger partial charge in [0, 0.05) is 37.0 Å². The number of carbonyl (C=O) groups is 1. The summed E-state index contributed by atoms with van der Waals surface area (Å²) in [6.45, 7) is 3.88. The third kappa shape index (κ3) is 4.35. The standard InChI is InChI=1S/C25H28FN3O3/c26-20-10-11-21-23(16-20)32-27-24(21)19-8-3-12-28(17-19)13-5-15-31-25(30)29-14-4-7-18-6-1-2-9-22(18)29/h1-2,6,9-11,16,19H,3-5,7-8,12-15,17H2. The Morgan fingerprint density at radius 1 is 1.19 bits per heavy atom. The van der Waals surface area contributed by atoms with Crippen LogP contribution < -0.4 is 4.90 Å². The fourth-order valence-corrected chi connectivity index (χ4v) is 4.96. The SMILES string of the molecule is O=C(OCCCN1CCCC(c2noc3cc(F)ccc23)C1)N1CCCc2ccccc21. The highest BCUT2D eigenvalue weighted by Gasteiger charge is 2.26. The molecular formula is C25H28FN3O3. The maximum Gasteiger partial charge on any atom is 0.414 e. The van der Waals surface area contributed by atoms with Crippen molar-refractivity contribution in [2.75, 3.05) is 37.7 Å². The van der Waals surface area contributed by atoms with Crippen molar-refractivity contribution < 1.29 is 18.4 Å². The van der Waals surface area contributed by atoms with E-state index < -0.39 is 0 Å². The van der Waals surface area contributed by atoms with Gasteiger partial charge in [0.2, 0.25) is 0 Å². The molecule has 1 aromatic heterocycles. The first kappa shape index (κ1) is 20.9. The van der Waals surface area contributed by atoms with Gasteiger partial charge in [0.15, 0.2) is 5.58 Å². The number of anilines is 1. The molecule has 2 aliphatic heterocycles. The van der Waals surface area contributed by atoms with E-state index in [9.17, 15) is 9.18 Å². The van der Waals surface area contributed by atoms with Crippen molar-refractivity contribution in [1.82, 2.24) is 10.1 Å². The summed E-state index contributed by atoms with van der Waals surface area (Å²) in [7, 11) is 0. The molecule has 32 heavy (non-hydrogen) atoms. The maximum atomic E-state index is 13.4. The van der Waals surface area contributed by atoms with E-state index in [2.05, 4.69) is 16.1 Å². The van der Waals surface area contributed by atoms with Gasteiger partial charge in [-0.25, -0.2) is 9.18 Å². The number of hydrogen-bond acceptors (Lipinski definition) is 5. The van der Waals surface area contributed by atoms with Gasteiger partial charge in [-0.3, -0.25) is 4.90 Å². The number of carbonyl (C=O) groups excluding carboxylic acids is 1. The summed E-state index contributed by atoms with van der Waals surface area (Å²) in [4.78, 5) is 16.8. The number of nitrogens with zero attached hydrogens (tertiary/aromatic N) is 3. The van der Waals surface area contributed by atoms with Crippen LogP contribution >= 0.6 is 0 Å². The van der Waals surface area contributed by atoms with Gasteiger partial charge in [-0.05, 0) is 62.4 Å². The number of rotatable bonds is 5. The lowest BCUT2D eigenvalue weighted by molar-refractivity contribution is 0.138. The molecule has 0 N–H and O–H groups in total. The largest absolute Gasteiger partial charge is 0.449 e. The van der Waals surface area contributed by atoms with Crippen LogP contribution in [0, 0.1) is 5.82 Å². The number of fused-ring (bicyclic) bond motifs is 2. The Labute approximate surface area is 186 Å². The quantitative estimate of drug-likeness (QED) is 0.518. The normalized spacial score (nSPS) is 19.2. The summed E-state index contributed by atoms with van der Waals surface area (Å²) in [5, 5.41) is 5.14. The smallest absolute Gasteiger partial charge is 0.414 e. The number of piperidine rings is 1. The van der Waals surface area contributed by atoms with Crippen molar-refractivity contribution in [2.24, 2.45) is 0 Å². The predicted octanol–water partition coefficient (Wildman–Crippen LogP) is 5.13. The van der Waals surface area contributed by atoms with Crippen LogP contribution in [0.4, 0.5) is 14.9 Å². The third-order valence-corrected chi connectivity index (χ3v) is 6.53. The molecule has 2 aromatic carbocycles. The first-order chi connectivity index (χ1) is 15.7. The molecule has 168 valence electrons. The Bertz CT molecular complexity index is 1100. The Balaban J connectivity index is 1.12. The van der Waals surface area contributed by atoms with Gasteiger partial charge in [0.25, 0.3) is 0 Å². The molecular weight excluding hydrogens is 409 g/mol. The van der Waals surface area contributed by atoms with E-state index in [4.69, 9.17) is 9.26 Å². The molecule has 0 saturated carbocycles. The van der Waals surface area contributed by atoms with Crippen LogP contribution in [0.5, 0.6) is 0 Å². The van der Waals surface area contributed by atoms with E-state index in [1.165, 1.54) is 17.7 Å². The zero-order chi connectivity index (χ0) is 21.9. The molecule has 6 nitrogen and oxygen atoms in total. The number of benzene rings is 2. The van der Waals surface area contributed by atoms with Crippen LogP contribution in [-0.2, 0) is 11.2 Å². The highest BCUT2D eigenvalue weighted by Crippen LogP contribution is 2.32. The Hall–Kier alpha value is -2.93. The van der Waals surface area contributed by atoms with E-state index in [-0.39, 0.29) is 17.8 Å². The molecule has 0 aliphatic carbocycles. The van der Waals surface area contributed by atoms with E-state index in [0.29, 0.717) is 18.7 Å². The number of likely N-dealkylation sites (tertiary alicyclic amines) is 1. The lowest BCUT2D eigenvalue weighted by Crippen LogP contribution is -2.37.